The van der Waals surface area contributed by atoms with Crippen LogP contribution in [0.5, 0.6) is 0 Å². The smallest absolute Gasteiger partial charge is 0.238 e. The second-order valence-corrected chi connectivity index (χ2v) is 5.41. The molecule has 19 heavy (non-hydrogen) atoms. The van der Waals surface area contributed by atoms with E-state index in [4.69, 9.17) is 5.73 Å². The maximum atomic E-state index is 12.0. The largest absolute Gasteiger partial charge is 0.397 e. The number of carbonyl (C=O) groups excluding carboxylic acids is 1. The lowest BCUT2D eigenvalue weighted by molar-refractivity contribution is -0.117. The molecule has 0 spiro atoms. The van der Waals surface area contributed by atoms with E-state index in [9.17, 15) is 4.79 Å². The third-order valence-electron chi connectivity index (χ3n) is 3.51. The molecule has 0 bridgehead atoms. The number of amides is 1. The fraction of sp³-hybridized carbons (Fsp3) is 0.533. The van der Waals surface area contributed by atoms with Crippen LogP contribution in [0.25, 0.3) is 0 Å². The number of aryl methyl sites for hydroxylation is 1. The van der Waals surface area contributed by atoms with Crippen molar-refractivity contribution in [2.75, 3.05) is 30.7 Å². The first-order valence-corrected chi connectivity index (χ1v) is 6.96. The Morgan fingerprint density at radius 2 is 2.21 bits per heavy atom. The Hall–Kier alpha value is -1.55. The monoisotopic (exact) mass is 261 g/mol. The van der Waals surface area contributed by atoms with E-state index in [1.807, 2.05) is 25.1 Å². The van der Waals surface area contributed by atoms with Crippen LogP contribution in [-0.2, 0) is 4.79 Å². The molecule has 1 aliphatic rings. The first-order valence-electron chi connectivity index (χ1n) is 6.96. The predicted octanol–water partition coefficient (Wildman–Crippen LogP) is 2.25. The van der Waals surface area contributed by atoms with Crippen molar-refractivity contribution in [1.82, 2.24) is 4.90 Å². The second kappa shape index (κ2) is 6.06. The summed E-state index contributed by atoms with van der Waals surface area (Å²) >= 11 is 0. The van der Waals surface area contributed by atoms with Crippen molar-refractivity contribution < 1.29 is 4.79 Å². The van der Waals surface area contributed by atoms with Crippen LogP contribution in [0.15, 0.2) is 18.2 Å². The van der Waals surface area contributed by atoms with Crippen LogP contribution >= 0.6 is 0 Å². The van der Waals surface area contributed by atoms with E-state index in [1.54, 1.807) is 0 Å². The molecular weight excluding hydrogens is 238 g/mol. The summed E-state index contributed by atoms with van der Waals surface area (Å²) in [4.78, 5) is 14.2. The van der Waals surface area contributed by atoms with E-state index < -0.39 is 0 Å². The maximum Gasteiger partial charge on any atom is 0.238 e. The molecule has 0 radical (unpaired) electrons. The summed E-state index contributed by atoms with van der Waals surface area (Å²) in [7, 11) is 0. The lowest BCUT2D eigenvalue weighted by Gasteiger charge is -2.19. The van der Waals surface area contributed by atoms with Gasteiger partial charge in [-0.2, -0.15) is 0 Å². The quantitative estimate of drug-likeness (QED) is 0.772. The number of hydrogen-bond acceptors (Lipinski definition) is 3. The lowest BCUT2D eigenvalue weighted by atomic mass is 10.2. The van der Waals surface area contributed by atoms with Crippen LogP contribution in [-0.4, -0.2) is 30.4 Å². The fourth-order valence-electron chi connectivity index (χ4n) is 2.16. The van der Waals surface area contributed by atoms with Gasteiger partial charge in [0.15, 0.2) is 0 Å². The van der Waals surface area contributed by atoms with Gasteiger partial charge in [0.25, 0.3) is 0 Å². The molecule has 0 aliphatic heterocycles. The van der Waals surface area contributed by atoms with Gasteiger partial charge in [0.2, 0.25) is 5.91 Å². The average molecular weight is 261 g/mol. The number of carbonyl (C=O) groups is 1. The number of nitrogens with zero attached hydrogens (tertiary/aromatic N) is 1. The van der Waals surface area contributed by atoms with Gasteiger partial charge in [0.1, 0.15) is 0 Å². The molecule has 3 N–H and O–H groups in total. The Labute approximate surface area is 115 Å². The van der Waals surface area contributed by atoms with Crippen LogP contribution in [0, 0.1) is 12.8 Å². The summed E-state index contributed by atoms with van der Waals surface area (Å²) in [6.45, 7) is 6.47. The van der Waals surface area contributed by atoms with Gasteiger partial charge in [-0.15, -0.1) is 0 Å². The molecule has 1 saturated carbocycles. The minimum Gasteiger partial charge on any atom is -0.397 e. The minimum atomic E-state index is 0.0121. The third kappa shape index (κ3) is 4.24. The van der Waals surface area contributed by atoms with E-state index >= 15 is 0 Å². The number of nitrogens with two attached hydrogens (primary N) is 1. The molecule has 0 atom stereocenters. The zero-order valence-corrected chi connectivity index (χ0v) is 11.8. The predicted molar refractivity (Wildman–Crippen MR) is 79.1 cm³/mol. The van der Waals surface area contributed by atoms with Gasteiger partial charge < -0.3 is 11.1 Å². The minimum absolute atomic E-state index is 0.0121. The molecule has 0 unspecified atom stereocenters. The average Bonchev–Trinajstić information content (AvgIpc) is 3.16. The van der Waals surface area contributed by atoms with Gasteiger partial charge in [-0.05, 0) is 49.9 Å². The molecule has 0 saturated heterocycles. The Bertz CT molecular complexity index is 455. The highest BCUT2D eigenvalue weighted by molar-refractivity contribution is 5.95. The van der Waals surface area contributed by atoms with E-state index in [2.05, 4.69) is 17.1 Å². The fourth-order valence-corrected chi connectivity index (χ4v) is 2.16. The molecule has 1 amide bonds. The number of nitrogen functional groups attached to an aromatic ring is 1. The number of nitrogens with one attached hydrogen (secondary N) is 1. The molecule has 4 heteroatoms. The number of likely N-dealkylation sites (N-methyl/N-ethyl adjacent to an activating group) is 1. The van der Waals surface area contributed by atoms with Gasteiger partial charge in [-0.25, -0.2) is 0 Å². The Morgan fingerprint density at radius 3 is 2.79 bits per heavy atom. The molecule has 0 heterocycles. The number of hydrogen-bond donors (Lipinski definition) is 2. The van der Waals surface area contributed by atoms with Crippen molar-refractivity contribution in [2.45, 2.75) is 26.7 Å². The van der Waals surface area contributed by atoms with Gasteiger partial charge in [-0.3, -0.25) is 9.69 Å². The summed E-state index contributed by atoms with van der Waals surface area (Å²) in [5, 5.41) is 2.89. The van der Waals surface area contributed by atoms with Crippen molar-refractivity contribution in [3.8, 4) is 0 Å². The summed E-state index contributed by atoms with van der Waals surface area (Å²) < 4.78 is 0. The van der Waals surface area contributed by atoms with Crippen molar-refractivity contribution >= 4 is 17.3 Å². The van der Waals surface area contributed by atoms with Crippen LogP contribution in [0.1, 0.15) is 25.3 Å². The maximum absolute atomic E-state index is 12.0. The zero-order chi connectivity index (χ0) is 13.8. The molecule has 104 valence electrons. The van der Waals surface area contributed by atoms with Crippen molar-refractivity contribution in [3.63, 3.8) is 0 Å². The second-order valence-electron chi connectivity index (χ2n) is 5.41. The van der Waals surface area contributed by atoms with E-state index in [0.717, 1.165) is 24.6 Å². The van der Waals surface area contributed by atoms with Crippen molar-refractivity contribution in [3.05, 3.63) is 23.8 Å². The molecule has 1 fully saturated rings. The normalized spacial score (nSPS) is 14.7. The van der Waals surface area contributed by atoms with Crippen LogP contribution in [0.2, 0.25) is 0 Å². The van der Waals surface area contributed by atoms with Gasteiger partial charge in [-0.1, -0.05) is 13.0 Å². The number of rotatable bonds is 6. The third-order valence-corrected chi connectivity index (χ3v) is 3.51. The first kappa shape index (κ1) is 13.9. The molecule has 1 aromatic rings. The molecule has 1 aliphatic carbocycles. The van der Waals surface area contributed by atoms with Crippen molar-refractivity contribution in [2.24, 2.45) is 5.92 Å². The van der Waals surface area contributed by atoms with Crippen LogP contribution < -0.4 is 11.1 Å². The SMILES string of the molecule is CCN(CC(=O)Nc1ccc(C)cc1N)CC1CC1. The number of anilines is 2. The van der Waals surface area contributed by atoms with Gasteiger partial charge >= 0.3 is 0 Å². The summed E-state index contributed by atoms with van der Waals surface area (Å²) in [5.41, 5.74) is 8.32. The van der Waals surface area contributed by atoms with Crippen molar-refractivity contribution in [1.29, 1.82) is 0 Å². The lowest BCUT2D eigenvalue weighted by Crippen LogP contribution is -2.34. The molecule has 2 rings (SSSR count). The molecular formula is C15H23N3O. The molecule has 1 aromatic carbocycles. The molecule has 4 nitrogen and oxygen atoms in total. The van der Waals surface area contributed by atoms with E-state index in [0.29, 0.717) is 17.9 Å². The first-order chi connectivity index (χ1) is 9.08. The summed E-state index contributed by atoms with van der Waals surface area (Å²) in [5.74, 6) is 0.815. The highest BCUT2D eigenvalue weighted by Crippen LogP contribution is 2.29. The van der Waals surface area contributed by atoms with Crippen LogP contribution in [0.4, 0.5) is 11.4 Å². The van der Waals surface area contributed by atoms with Gasteiger partial charge in [0, 0.05) is 6.54 Å². The van der Waals surface area contributed by atoms with Gasteiger partial charge in [0.05, 0.1) is 17.9 Å². The Morgan fingerprint density at radius 1 is 1.47 bits per heavy atom. The highest BCUT2D eigenvalue weighted by atomic mass is 16.2. The van der Waals surface area contributed by atoms with E-state index in [1.165, 1.54) is 12.8 Å². The summed E-state index contributed by atoms with van der Waals surface area (Å²) in [6.07, 6.45) is 2.62. The highest BCUT2D eigenvalue weighted by Gasteiger charge is 2.24. The number of benzene rings is 1. The topological polar surface area (TPSA) is 58.4 Å². The standard InChI is InChI=1S/C15H23N3O/c1-3-18(9-12-5-6-12)10-15(19)17-14-7-4-11(2)8-13(14)16/h4,7-8,12H,3,5-6,9-10,16H2,1-2H3,(H,17,19). The Kier molecular flexibility index (Phi) is 4.43. The summed E-state index contributed by atoms with van der Waals surface area (Å²) in [6, 6.07) is 5.69. The van der Waals surface area contributed by atoms with E-state index in [-0.39, 0.29) is 5.91 Å². The molecule has 0 aromatic heterocycles. The van der Waals surface area contributed by atoms with Crippen LogP contribution in [0.3, 0.4) is 0 Å². The zero-order valence-electron chi connectivity index (χ0n) is 11.8. The Balaban J connectivity index is 1.88.